The Balaban J connectivity index is 1.31. The van der Waals surface area contributed by atoms with E-state index in [1.165, 1.54) is 6.42 Å². The number of benzene rings is 3. The minimum Gasteiger partial charge on any atom is -0.490 e. The second-order valence-electron chi connectivity index (χ2n) is 9.20. The van der Waals surface area contributed by atoms with Gasteiger partial charge in [-0.05, 0) is 67.5 Å². The largest absolute Gasteiger partial charge is 0.490 e. The minimum absolute atomic E-state index is 0.0600. The van der Waals surface area contributed by atoms with Gasteiger partial charge in [0.1, 0.15) is 24.7 Å². The van der Waals surface area contributed by atoms with Gasteiger partial charge in [0.2, 0.25) is 0 Å². The van der Waals surface area contributed by atoms with Crippen LogP contribution in [0.1, 0.15) is 52.8 Å². The van der Waals surface area contributed by atoms with Gasteiger partial charge in [-0.2, -0.15) is 0 Å². The van der Waals surface area contributed by atoms with Gasteiger partial charge in [-0.1, -0.05) is 55.7 Å². The van der Waals surface area contributed by atoms with Crippen LogP contribution >= 0.6 is 12.2 Å². The van der Waals surface area contributed by atoms with Crippen LogP contribution in [0.3, 0.4) is 0 Å². The summed E-state index contributed by atoms with van der Waals surface area (Å²) in [6, 6.07) is 23.8. The highest BCUT2D eigenvalue weighted by Crippen LogP contribution is 2.25. The fourth-order valence-corrected chi connectivity index (χ4v) is 4.70. The number of para-hydroxylation sites is 2. The van der Waals surface area contributed by atoms with Gasteiger partial charge < -0.3 is 19.7 Å². The van der Waals surface area contributed by atoms with Crippen LogP contribution in [-0.4, -0.2) is 48.1 Å². The molecule has 1 saturated carbocycles. The Kier molecular flexibility index (Phi) is 9.70. The SMILES string of the molecule is CN(C(=O)c1ccccc1NC(=S)NC(=O)c1cccc(OCCOc2ccccc2)c1)C1CCCCC1. The van der Waals surface area contributed by atoms with Crippen molar-refractivity contribution >= 4 is 34.8 Å². The van der Waals surface area contributed by atoms with Gasteiger partial charge >= 0.3 is 0 Å². The average Bonchev–Trinajstić information content (AvgIpc) is 2.96. The second-order valence-corrected chi connectivity index (χ2v) is 9.61. The van der Waals surface area contributed by atoms with Crippen molar-refractivity contribution in [3.63, 3.8) is 0 Å². The van der Waals surface area contributed by atoms with Gasteiger partial charge in [-0.3, -0.25) is 14.9 Å². The normalized spacial score (nSPS) is 13.3. The summed E-state index contributed by atoms with van der Waals surface area (Å²) in [5.74, 6) is 0.885. The van der Waals surface area contributed by atoms with Crippen molar-refractivity contribution in [2.24, 2.45) is 0 Å². The summed E-state index contributed by atoms with van der Waals surface area (Å²) in [7, 11) is 1.86. The molecule has 7 nitrogen and oxygen atoms in total. The van der Waals surface area contributed by atoms with Gasteiger partial charge in [-0.15, -0.1) is 0 Å². The lowest BCUT2D eigenvalue weighted by Crippen LogP contribution is -2.39. The van der Waals surface area contributed by atoms with E-state index < -0.39 is 0 Å². The van der Waals surface area contributed by atoms with Gasteiger partial charge in [-0.25, -0.2) is 0 Å². The summed E-state index contributed by atoms with van der Waals surface area (Å²) in [4.78, 5) is 27.9. The molecule has 0 atom stereocenters. The predicted octanol–water partition coefficient (Wildman–Crippen LogP) is 5.68. The van der Waals surface area contributed by atoms with Crippen molar-refractivity contribution in [1.82, 2.24) is 10.2 Å². The van der Waals surface area contributed by atoms with E-state index in [0.717, 1.165) is 31.4 Å². The Morgan fingerprint density at radius 1 is 0.868 bits per heavy atom. The number of nitrogens with one attached hydrogen (secondary N) is 2. The first kappa shape index (κ1) is 27.1. The fourth-order valence-electron chi connectivity index (χ4n) is 4.49. The molecular formula is C30H33N3O4S. The number of rotatable bonds is 9. The summed E-state index contributed by atoms with van der Waals surface area (Å²) >= 11 is 5.40. The standard InChI is InChI=1S/C30H33N3O4S/c1-33(23-12-4-2-5-13-23)29(35)26-17-8-9-18-27(26)31-30(38)32-28(34)22-11-10-16-25(21-22)37-20-19-36-24-14-6-3-7-15-24/h3,6-11,14-18,21,23H,2,4-5,12-13,19-20H2,1H3,(H2,31,32,34,38). The third-order valence-corrected chi connectivity index (χ3v) is 6.74. The Morgan fingerprint density at radius 2 is 1.53 bits per heavy atom. The Labute approximate surface area is 229 Å². The van der Waals surface area contributed by atoms with Crippen molar-refractivity contribution < 1.29 is 19.1 Å². The third kappa shape index (κ3) is 7.55. The number of carbonyl (C=O) groups excluding carboxylic acids is 2. The molecule has 3 aromatic carbocycles. The molecule has 1 fully saturated rings. The Morgan fingerprint density at radius 3 is 2.29 bits per heavy atom. The number of amides is 2. The Hall–Kier alpha value is -3.91. The molecule has 0 bridgehead atoms. The van der Waals surface area contributed by atoms with Crippen LogP contribution < -0.4 is 20.1 Å². The number of thiocarbonyl (C=S) groups is 1. The van der Waals surface area contributed by atoms with Crippen LogP contribution in [0.25, 0.3) is 0 Å². The van der Waals surface area contributed by atoms with Gasteiger partial charge in [0.05, 0.1) is 11.3 Å². The fraction of sp³-hybridized carbons (Fsp3) is 0.300. The number of hydrogen-bond donors (Lipinski definition) is 2. The second kappa shape index (κ2) is 13.6. The zero-order chi connectivity index (χ0) is 26.7. The molecule has 2 amide bonds. The first-order valence-electron chi connectivity index (χ1n) is 12.9. The maximum Gasteiger partial charge on any atom is 0.257 e. The van der Waals surface area contributed by atoms with Crippen LogP contribution in [0.4, 0.5) is 5.69 Å². The van der Waals surface area contributed by atoms with Gasteiger partial charge in [0, 0.05) is 18.7 Å². The van der Waals surface area contributed by atoms with E-state index in [1.54, 1.807) is 36.4 Å². The summed E-state index contributed by atoms with van der Waals surface area (Å²) in [6.45, 7) is 0.711. The highest BCUT2D eigenvalue weighted by Gasteiger charge is 2.24. The summed E-state index contributed by atoms with van der Waals surface area (Å²) in [6.07, 6.45) is 5.56. The van der Waals surface area contributed by atoms with Crippen LogP contribution in [0.15, 0.2) is 78.9 Å². The maximum absolute atomic E-state index is 13.2. The lowest BCUT2D eigenvalue weighted by molar-refractivity contribution is 0.0697. The highest BCUT2D eigenvalue weighted by atomic mass is 32.1. The van der Waals surface area contributed by atoms with Gasteiger partial charge in [0.15, 0.2) is 5.11 Å². The van der Waals surface area contributed by atoms with E-state index in [4.69, 9.17) is 21.7 Å². The topological polar surface area (TPSA) is 79.9 Å². The van der Waals surface area contributed by atoms with Crippen molar-refractivity contribution in [1.29, 1.82) is 0 Å². The van der Waals surface area contributed by atoms with E-state index in [0.29, 0.717) is 35.8 Å². The molecule has 1 aliphatic carbocycles. The molecule has 0 saturated heterocycles. The molecule has 8 heteroatoms. The first-order chi connectivity index (χ1) is 18.5. The molecule has 0 heterocycles. The molecule has 0 radical (unpaired) electrons. The molecule has 1 aliphatic rings. The van der Waals surface area contributed by atoms with E-state index in [9.17, 15) is 9.59 Å². The maximum atomic E-state index is 13.2. The molecule has 38 heavy (non-hydrogen) atoms. The summed E-state index contributed by atoms with van der Waals surface area (Å²) in [5, 5.41) is 5.83. The molecule has 0 aromatic heterocycles. The number of ether oxygens (including phenoxy) is 2. The molecular weight excluding hydrogens is 498 g/mol. The monoisotopic (exact) mass is 531 g/mol. The predicted molar refractivity (Wildman–Crippen MR) is 153 cm³/mol. The number of anilines is 1. The van der Waals surface area contributed by atoms with Crippen molar-refractivity contribution in [3.05, 3.63) is 90.0 Å². The van der Waals surface area contributed by atoms with Crippen LogP contribution in [0.5, 0.6) is 11.5 Å². The number of nitrogens with zero attached hydrogens (tertiary/aromatic N) is 1. The molecule has 4 rings (SSSR count). The van der Waals surface area contributed by atoms with E-state index in [1.807, 2.05) is 54.4 Å². The smallest absolute Gasteiger partial charge is 0.257 e. The molecule has 198 valence electrons. The summed E-state index contributed by atoms with van der Waals surface area (Å²) < 4.78 is 11.4. The molecule has 0 unspecified atom stereocenters. The van der Waals surface area contributed by atoms with E-state index >= 15 is 0 Å². The minimum atomic E-state index is -0.378. The zero-order valence-electron chi connectivity index (χ0n) is 21.5. The number of hydrogen-bond acceptors (Lipinski definition) is 5. The third-order valence-electron chi connectivity index (χ3n) is 6.54. The number of carbonyl (C=O) groups is 2. The quantitative estimate of drug-likeness (QED) is 0.273. The van der Waals surface area contributed by atoms with Gasteiger partial charge in [0.25, 0.3) is 11.8 Å². The van der Waals surface area contributed by atoms with Crippen LogP contribution in [0.2, 0.25) is 0 Å². The van der Waals surface area contributed by atoms with Crippen molar-refractivity contribution in [2.75, 3.05) is 25.6 Å². The summed E-state index contributed by atoms with van der Waals surface area (Å²) in [5.41, 5.74) is 1.48. The molecule has 2 N–H and O–H groups in total. The molecule has 3 aromatic rings. The molecule has 0 spiro atoms. The lowest BCUT2D eigenvalue weighted by atomic mass is 9.94. The zero-order valence-corrected chi connectivity index (χ0v) is 22.3. The average molecular weight is 532 g/mol. The van der Waals surface area contributed by atoms with Crippen LogP contribution in [-0.2, 0) is 0 Å². The first-order valence-corrected chi connectivity index (χ1v) is 13.3. The van der Waals surface area contributed by atoms with E-state index in [2.05, 4.69) is 10.6 Å². The Bertz CT molecular complexity index is 1250. The molecule has 0 aliphatic heterocycles. The lowest BCUT2D eigenvalue weighted by Gasteiger charge is -2.31. The van der Waals surface area contributed by atoms with Crippen molar-refractivity contribution in [2.45, 2.75) is 38.1 Å². The van der Waals surface area contributed by atoms with Crippen LogP contribution in [0, 0.1) is 0 Å². The van der Waals surface area contributed by atoms with Crippen molar-refractivity contribution in [3.8, 4) is 11.5 Å². The highest BCUT2D eigenvalue weighted by molar-refractivity contribution is 7.80. The van der Waals surface area contributed by atoms with E-state index in [-0.39, 0.29) is 23.0 Å².